The molecule has 0 spiro atoms. The highest BCUT2D eigenvalue weighted by molar-refractivity contribution is 8.48. The predicted molar refractivity (Wildman–Crippen MR) is 77.2 cm³/mol. The number of hydrogen-bond donors (Lipinski definition) is 0. The van der Waals surface area contributed by atoms with Crippen LogP contribution in [0.15, 0.2) is 47.2 Å². The SMILES string of the molecule is C=CS(=O)(=O)C(=S(C)C)S(=O)(=O)c1ccccc1. The number of hydrogen-bond acceptors (Lipinski definition) is 4. The van der Waals surface area contributed by atoms with Crippen LogP contribution in [-0.4, -0.2) is 32.9 Å². The maximum Gasteiger partial charge on any atom is 0.223 e. The summed E-state index contributed by atoms with van der Waals surface area (Å²) in [5, 5.41) is 0.676. The van der Waals surface area contributed by atoms with Crippen molar-refractivity contribution in [1.29, 1.82) is 0 Å². The van der Waals surface area contributed by atoms with E-state index >= 15 is 0 Å². The summed E-state index contributed by atoms with van der Waals surface area (Å²) < 4.78 is 47.8. The molecule has 0 bridgehead atoms. The van der Waals surface area contributed by atoms with Gasteiger partial charge in [-0.25, -0.2) is 16.8 Å². The Bertz CT molecular complexity index is 679. The van der Waals surface area contributed by atoms with Gasteiger partial charge in [-0.3, -0.25) is 0 Å². The molecule has 0 aromatic heterocycles. The quantitative estimate of drug-likeness (QED) is 0.779. The molecule has 0 saturated heterocycles. The summed E-state index contributed by atoms with van der Waals surface area (Å²) >= 11 is 0. The first-order chi connectivity index (χ1) is 8.23. The maximum absolute atomic E-state index is 12.3. The Balaban J connectivity index is 3.63. The highest BCUT2D eigenvalue weighted by Crippen LogP contribution is 2.22. The molecular weight excluding hydrogens is 292 g/mol. The molecule has 1 aromatic rings. The van der Waals surface area contributed by atoms with E-state index in [1.54, 1.807) is 30.7 Å². The second-order valence-corrected chi connectivity index (χ2v) is 10.1. The molecule has 0 aliphatic carbocycles. The maximum atomic E-state index is 12.3. The van der Waals surface area contributed by atoms with Crippen LogP contribution in [0.2, 0.25) is 0 Å². The van der Waals surface area contributed by atoms with Gasteiger partial charge in [0.15, 0.2) is 3.53 Å². The van der Waals surface area contributed by atoms with Gasteiger partial charge in [0.2, 0.25) is 19.7 Å². The monoisotopic (exact) mass is 306 g/mol. The molecule has 0 unspecified atom stereocenters. The minimum atomic E-state index is -4.00. The molecule has 0 heterocycles. The number of sulfone groups is 2. The van der Waals surface area contributed by atoms with Crippen LogP contribution in [-0.2, 0) is 19.7 Å². The second kappa shape index (κ2) is 5.38. The van der Waals surface area contributed by atoms with E-state index in [1.165, 1.54) is 12.1 Å². The zero-order valence-corrected chi connectivity index (χ0v) is 12.5. The third-order valence-corrected chi connectivity index (χ3v) is 9.67. The van der Waals surface area contributed by atoms with Crippen LogP contribution < -0.4 is 0 Å². The molecule has 0 fully saturated rings. The van der Waals surface area contributed by atoms with Crippen molar-refractivity contribution in [3.05, 3.63) is 42.3 Å². The Morgan fingerprint density at radius 2 is 1.61 bits per heavy atom. The molecule has 0 amide bonds. The highest BCUT2D eigenvalue weighted by atomic mass is 32.3. The van der Waals surface area contributed by atoms with E-state index < -0.39 is 33.7 Å². The smallest absolute Gasteiger partial charge is 0.218 e. The standard InChI is InChI=1S/C11H14O4S3/c1-4-17(12,13)11(16(2)3)18(14,15)10-8-6-5-7-9-10/h4-9H,1H2,2-3H3. The highest BCUT2D eigenvalue weighted by Gasteiger charge is 2.31. The average Bonchev–Trinajstić information content (AvgIpc) is 2.29. The van der Waals surface area contributed by atoms with Crippen LogP contribution in [0, 0.1) is 0 Å². The fourth-order valence-electron chi connectivity index (χ4n) is 1.37. The lowest BCUT2D eigenvalue weighted by atomic mass is 10.4. The minimum absolute atomic E-state index is 0.0216. The molecule has 0 aliphatic rings. The van der Waals surface area contributed by atoms with Crippen molar-refractivity contribution >= 4 is 33.7 Å². The topological polar surface area (TPSA) is 68.3 Å². The van der Waals surface area contributed by atoms with Crippen LogP contribution in [0.4, 0.5) is 0 Å². The van der Waals surface area contributed by atoms with Gasteiger partial charge in [0.25, 0.3) is 0 Å². The van der Waals surface area contributed by atoms with Gasteiger partial charge in [0.1, 0.15) is 0 Å². The van der Waals surface area contributed by atoms with Gasteiger partial charge in [0.05, 0.1) is 4.90 Å². The van der Waals surface area contributed by atoms with Gasteiger partial charge in [-0.2, -0.15) is 10.5 Å². The van der Waals surface area contributed by atoms with Crippen molar-refractivity contribution in [2.45, 2.75) is 4.90 Å². The zero-order valence-electron chi connectivity index (χ0n) is 10.0. The minimum Gasteiger partial charge on any atom is -0.218 e. The molecular formula is C11H14O4S3. The van der Waals surface area contributed by atoms with Crippen molar-refractivity contribution in [3.63, 3.8) is 0 Å². The first-order valence-corrected chi connectivity index (χ1v) is 9.93. The van der Waals surface area contributed by atoms with Crippen LogP contribution in [0.3, 0.4) is 0 Å². The summed E-state index contributed by atoms with van der Waals surface area (Å²) in [7, 11) is -8.88. The zero-order chi connectivity index (χ0) is 14.0. The van der Waals surface area contributed by atoms with E-state index in [9.17, 15) is 16.8 Å². The van der Waals surface area contributed by atoms with Gasteiger partial charge in [-0.1, -0.05) is 24.8 Å². The van der Waals surface area contributed by atoms with E-state index in [2.05, 4.69) is 6.58 Å². The Labute approximate surface area is 110 Å². The van der Waals surface area contributed by atoms with Gasteiger partial charge < -0.3 is 0 Å². The predicted octanol–water partition coefficient (Wildman–Crippen LogP) is 1.63. The van der Waals surface area contributed by atoms with Crippen molar-refractivity contribution in [2.24, 2.45) is 0 Å². The molecule has 4 nitrogen and oxygen atoms in total. The Kier molecular flexibility index (Phi) is 4.52. The Morgan fingerprint density at radius 3 is 2.00 bits per heavy atom. The first-order valence-electron chi connectivity index (χ1n) is 4.85. The van der Waals surface area contributed by atoms with Gasteiger partial charge in [-0.15, -0.1) is 0 Å². The van der Waals surface area contributed by atoms with E-state index in [0.717, 1.165) is 0 Å². The van der Waals surface area contributed by atoms with Crippen molar-refractivity contribution in [2.75, 3.05) is 12.5 Å². The summed E-state index contributed by atoms with van der Waals surface area (Å²) in [6.45, 7) is 3.17. The fraction of sp³-hybridized carbons (Fsp3) is 0.182. The molecule has 0 saturated carbocycles. The van der Waals surface area contributed by atoms with Crippen molar-refractivity contribution < 1.29 is 16.8 Å². The molecule has 100 valence electrons. The van der Waals surface area contributed by atoms with Gasteiger partial charge in [0, 0.05) is 5.41 Å². The molecule has 1 aromatic carbocycles. The van der Waals surface area contributed by atoms with Gasteiger partial charge >= 0.3 is 0 Å². The summed E-state index contributed by atoms with van der Waals surface area (Å²) in [5.41, 5.74) is 0. The normalized spacial score (nSPS) is 12.4. The first kappa shape index (κ1) is 15.1. The van der Waals surface area contributed by atoms with E-state index in [1.807, 2.05) is 0 Å². The molecule has 0 aliphatic heterocycles. The Hall–Kier alpha value is -0.920. The van der Waals surface area contributed by atoms with Crippen LogP contribution in [0.1, 0.15) is 0 Å². The van der Waals surface area contributed by atoms with E-state index in [-0.39, 0.29) is 4.90 Å². The lowest BCUT2D eigenvalue weighted by molar-refractivity contribution is 0.606. The Morgan fingerprint density at radius 1 is 1.11 bits per heavy atom. The van der Waals surface area contributed by atoms with Crippen LogP contribution in [0.25, 0.3) is 0 Å². The van der Waals surface area contributed by atoms with E-state index in [0.29, 0.717) is 5.41 Å². The van der Waals surface area contributed by atoms with E-state index in [4.69, 9.17) is 0 Å². The lowest BCUT2D eigenvalue weighted by Gasteiger charge is -2.09. The second-order valence-electron chi connectivity index (χ2n) is 3.59. The molecule has 7 heteroatoms. The van der Waals surface area contributed by atoms with Crippen LogP contribution >= 0.6 is 10.5 Å². The molecule has 18 heavy (non-hydrogen) atoms. The molecule has 1 rings (SSSR count). The third-order valence-electron chi connectivity index (χ3n) is 2.06. The number of rotatable bonds is 2. The lowest BCUT2D eigenvalue weighted by Crippen LogP contribution is -2.23. The summed E-state index contributed by atoms with van der Waals surface area (Å²) in [5.74, 6) is 0. The van der Waals surface area contributed by atoms with Crippen LogP contribution in [0.5, 0.6) is 0 Å². The largest absolute Gasteiger partial charge is 0.223 e. The summed E-state index contributed by atoms with van der Waals surface area (Å²) in [6, 6.07) is 7.52. The van der Waals surface area contributed by atoms with Crippen molar-refractivity contribution in [1.82, 2.24) is 0 Å². The molecule has 0 radical (unpaired) electrons. The average molecular weight is 306 g/mol. The third kappa shape index (κ3) is 2.90. The summed E-state index contributed by atoms with van der Waals surface area (Å²) in [6.07, 6.45) is 3.10. The van der Waals surface area contributed by atoms with Gasteiger partial charge in [-0.05, 0) is 24.6 Å². The fourth-order valence-corrected chi connectivity index (χ4v) is 8.04. The summed E-state index contributed by atoms with van der Waals surface area (Å²) in [4.78, 5) is -0.0216. The molecule has 0 atom stereocenters. The molecule has 0 N–H and O–H groups in total. The van der Waals surface area contributed by atoms with Crippen molar-refractivity contribution in [3.8, 4) is 0 Å². The number of benzene rings is 1.